The van der Waals surface area contributed by atoms with Gasteiger partial charge in [-0.25, -0.2) is 5.48 Å². The number of furan rings is 1. The molecule has 1 heterocycles. The van der Waals surface area contributed by atoms with E-state index in [1.165, 1.54) is 6.26 Å². The fraction of sp³-hybridized carbons (Fsp3) is 0.286. The van der Waals surface area contributed by atoms with E-state index in [1.807, 2.05) is 0 Å². The first-order chi connectivity index (χ1) is 5.75. The van der Waals surface area contributed by atoms with E-state index >= 15 is 0 Å². The molecule has 0 aliphatic heterocycles. The topological polar surface area (TPSA) is 51.5 Å². The normalized spacial score (nSPS) is 9.83. The van der Waals surface area contributed by atoms with Crippen molar-refractivity contribution in [2.24, 2.45) is 0 Å². The van der Waals surface area contributed by atoms with E-state index in [-0.39, 0.29) is 5.91 Å². The lowest BCUT2D eigenvalue weighted by molar-refractivity contribution is 0.0363. The van der Waals surface area contributed by atoms with Crippen molar-refractivity contribution in [1.82, 2.24) is 5.48 Å². The lowest BCUT2D eigenvalue weighted by Crippen LogP contribution is -2.23. The lowest BCUT2D eigenvalue weighted by atomic mass is 10.3. The van der Waals surface area contributed by atoms with Gasteiger partial charge in [0.1, 0.15) is 0 Å². The van der Waals surface area contributed by atoms with E-state index in [0.717, 1.165) is 0 Å². The third kappa shape index (κ3) is 2.09. The number of carbonyl (C=O) groups is 1. The van der Waals surface area contributed by atoms with Crippen LogP contribution in [0.1, 0.15) is 17.3 Å². The minimum absolute atomic E-state index is 0.322. The van der Waals surface area contributed by atoms with Crippen LogP contribution in [-0.2, 0) is 4.84 Å². The van der Waals surface area contributed by atoms with Crippen molar-refractivity contribution < 1.29 is 14.0 Å². The maximum atomic E-state index is 11.2. The van der Waals surface area contributed by atoms with Crippen LogP contribution >= 0.6 is 15.9 Å². The molecule has 5 heteroatoms. The van der Waals surface area contributed by atoms with Crippen LogP contribution in [0.4, 0.5) is 0 Å². The first-order valence-corrected chi connectivity index (χ1v) is 4.20. The Morgan fingerprint density at radius 3 is 3.08 bits per heavy atom. The lowest BCUT2D eigenvalue weighted by Gasteiger charge is -2.00. The second-order valence-corrected chi connectivity index (χ2v) is 2.69. The highest BCUT2D eigenvalue weighted by molar-refractivity contribution is 9.10. The van der Waals surface area contributed by atoms with Crippen LogP contribution in [0, 0.1) is 0 Å². The maximum absolute atomic E-state index is 11.2. The Hall–Kier alpha value is -0.810. The van der Waals surface area contributed by atoms with Gasteiger partial charge in [-0.05, 0) is 28.9 Å². The minimum atomic E-state index is -0.322. The molecule has 0 saturated heterocycles. The highest BCUT2D eigenvalue weighted by atomic mass is 79.9. The zero-order chi connectivity index (χ0) is 8.97. The van der Waals surface area contributed by atoms with Crippen molar-refractivity contribution in [2.75, 3.05) is 6.61 Å². The average Bonchev–Trinajstić information content (AvgIpc) is 2.47. The summed E-state index contributed by atoms with van der Waals surface area (Å²) in [6.45, 7) is 2.21. The second-order valence-electron chi connectivity index (χ2n) is 1.97. The van der Waals surface area contributed by atoms with E-state index in [9.17, 15) is 4.79 Å². The Morgan fingerprint density at radius 1 is 1.83 bits per heavy atom. The third-order valence-electron chi connectivity index (χ3n) is 1.17. The van der Waals surface area contributed by atoms with Crippen molar-refractivity contribution >= 4 is 21.8 Å². The molecule has 0 saturated carbocycles. The summed E-state index contributed by atoms with van der Waals surface area (Å²) in [6.07, 6.45) is 1.42. The standard InChI is InChI=1S/C7H8BrNO3/c1-2-12-9-7(10)5-3-4-11-6(5)8/h3-4H,2H2,1H3,(H,9,10). The Kier molecular flexibility index (Phi) is 3.31. The van der Waals surface area contributed by atoms with Crippen molar-refractivity contribution in [1.29, 1.82) is 0 Å². The van der Waals surface area contributed by atoms with Crippen LogP contribution in [0.5, 0.6) is 0 Å². The summed E-state index contributed by atoms with van der Waals surface area (Å²) in [4.78, 5) is 15.9. The summed E-state index contributed by atoms with van der Waals surface area (Å²) in [5.74, 6) is -0.322. The van der Waals surface area contributed by atoms with Crippen molar-refractivity contribution in [2.45, 2.75) is 6.92 Å². The molecule has 0 aliphatic carbocycles. The summed E-state index contributed by atoms with van der Waals surface area (Å²) >= 11 is 3.08. The fourth-order valence-corrected chi connectivity index (χ4v) is 1.07. The molecule has 1 aromatic heterocycles. The summed E-state index contributed by atoms with van der Waals surface area (Å²) in [6, 6.07) is 1.55. The third-order valence-corrected chi connectivity index (χ3v) is 1.79. The Labute approximate surface area is 78.0 Å². The molecule has 4 nitrogen and oxygen atoms in total. The molecule has 1 N–H and O–H groups in total. The number of hydroxylamine groups is 1. The van der Waals surface area contributed by atoms with Gasteiger partial charge in [0.2, 0.25) is 0 Å². The van der Waals surface area contributed by atoms with Gasteiger partial charge < -0.3 is 4.42 Å². The van der Waals surface area contributed by atoms with E-state index in [0.29, 0.717) is 16.8 Å². The Bertz CT molecular complexity index is 271. The number of amides is 1. The molecule has 0 aromatic carbocycles. The molecule has 66 valence electrons. The number of rotatable bonds is 3. The van der Waals surface area contributed by atoms with E-state index in [2.05, 4.69) is 21.4 Å². The van der Waals surface area contributed by atoms with Crippen molar-refractivity contribution in [3.8, 4) is 0 Å². The van der Waals surface area contributed by atoms with Gasteiger partial charge in [0.05, 0.1) is 18.4 Å². The van der Waals surface area contributed by atoms with Gasteiger partial charge in [-0.2, -0.15) is 0 Å². The first-order valence-electron chi connectivity index (χ1n) is 3.40. The quantitative estimate of drug-likeness (QED) is 0.810. The van der Waals surface area contributed by atoms with Crippen LogP contribution in [0.2, 0.25) is 0 Å². The van der Waals surface area contributed by atoms with Crippen LogP contribution < -0.4 is 5.48 Å². The molecule has 0 spiro atoms. The molecular formula is C7H8BrNO3. The van der Waals surface area contributed by atoms with Crippen LogP contribution in [-0.4, -0.2) is 12.5 Å². The molecule has 0 fully saturated rings. The molecule has 0 unspecified atom stereocenters. The number of hydrogen-bond acceptors (Lipinski definition) is 3. The van der Waals surface area contributed by atoms with E-state index in [1.54, 1.807) is 13.0 Å². The summed E-state index contributed by atoms with van der Waals surface area (Å²) in [7, 11) is 0. The molecule has 1 rings (SSSR count). The zero-order valence-corrected chi connectivity index (χ0v) is 8.05. The second kappa shape index (κ2) is 4.27. The molecule has 1 aromatic rings. The Morgan fingerprint density at radius 2 is 2.58 bits per heavy atom. The molecular weight excluding hydrogens is 226 g/mol. The summed E-state index contributed by atoms with van der Waals surface area (Å²) in [5, 5.41) is 0. The van der Waals surface area contributed by atoms with Gasteiger partial charge in [-0.3, -0.25) is 9.63 Å². The van der Waals surface area contributed by atoms with E-state index in [4.69, 9.17) is 9.25 Å². The van der Waals surface area contributed by atoms with Gasteiger partial charge in [0, 0.05) is 0 Å². The first kappa shape index (κ1) is 9.28. The predicted octanol–water partition coefficient (Wildman–Crippen LogP) is 1.72. The SMILES string of the molecule is CCONC(=O)c1ccoc1Br. The molecule has 1 amide bonds. The van der Waals surface area contributed by atoms with Crippen LogP contribution in [0.25, 0.3) is 0 Å². The highest BCUT2D eigenvalue weighted by Gasteiger charge is 2.11. The molecule has 0 atom stereocenters. The number of carbonyl (C=O) groups excluding carboxylic acids is 1. The number of nitrogens with one attached hydrogen (secondary N) is 1. The summed E-state index contributed by atoms with van der Waals surface area (Å²) in [5.41, 5.74) is 2.67. The molecule has 12 heavy (non-hydrogen) atoms. The molecule has 0 radical (unpaired) electrons. The minimum Gasteiger partial charge on any atom is -0.457 e. The largest absolute Gasteiger partial charge is 0.457 e. The van der Waals surface area contributed by atoms with Crippen LogP contribution in [0.15, 0.2) is 21.4 Å². The van der Waals surface area contributed by atoms with Crippen molar-refractivity contribution in [3.63, 3.8) is 0 Å². The molecule has 0 bridgehead atoms. The van der Waals surface area contributed by atoms with E-state index < -0.39 is 0 Å². The smallest absolute Gasteiger partial charge is 0.279 e. The zero-order valence-electron chi connectivity index (χ0n) is 6.46. The maximum Gasteiger partial charge on any atom is 0.279 e. The number of halogens is 1. The highest BCUT2D eigenvalue weighted by Crippen LogP contribution is 2.16. The Balaban J connectivity index is 2.59. The van der Waals surface area contributed by atoms with Gasteiger partial charge >= 0.3 is 0 Å². The predicted molar refractivity (Wildman–Crippen MR) is 45.5 cm³/mol. The van der Waals surface area contributed by atoms with Gasteiger partial charge in [0.25, 0.3) is 5.91 Å². The summed E-state index contributed by atoms with van der Waals surface area (Å²) < 4.78 is 5.27. The van der Waals surface area contributed by atoms with Crippen molar-refractivity contribution in [3.05, 3.63) is 22.6 Å². The molecule has 0 aliphatic rings. The number of hydrogen-bond donors (Lipinski definition) is 1. The van der Waals surface area contributed by atoms with Gasteiger partial charge in [-0.1, -0.05) is 0 Å². The monoisotopic (exact) mass is 233 g/mol. The van der Waals surface area contributed by atoms with Crippen LogP contribution in [0.3, 0.4) is 0 Å². The average molecular weight is 234 g/mol. The van der Waals surface area contributed by atoms with Gasteiger partial charge in [0.15, 0.2) is 4.67 Å². The van der Waals surface area contributed by atoms with Gasteiger partial charge in [-0.15, -0.1) is 0 Å². The fourth-order valence-electron chi connectivity index (χ4n) is 0.648.